The molecule has 0 spiro atoms. The highest BCUT2D eigenvalue weighted by Crippen LogP contribution is 2.47. The maximum absolute atomic E-state index is 3.50. The fourth-order valence-corrected chi connectivity index (χ4v) is 1.25. The van der Waals surface area contributed by atoms with Gasteiger partial charge in [-0.2, -0.15) is 0 Å². The van der Waals surface area contributed by atoms with Crippen LogP contribution in [0.4, 0.5) is 0 Å². The Bertz CT molecular complexity index is 108. The molecular formula is C9H21N. The monoisotopic (exact) mass is 143 g/mol. The number of hydrogen-bond acceptors (Lipinski definition) is 1. The van der Waals surface area contributed by atoms with E-state index in [2.05, 4.69) is 26.1 Å². The Morgan fingerprint density at radius 3 is 2.40 bits per heavy atom. The van der Waals surface area contributed by atoms with E-state index >= 15 is 0 Å². The lowest BCUT2D eigenvalue weighted by molar-refractivity contribution is 0.420. The van der Waals surface area contributed by atoms with E-state index in [1.165, 1.54) is 25.8 Å². The largest absolute Gasteiger partial charge is 0.314 e. The highest BCUT2D eigenvalue weighted by Gasteiger charge is 2.39. The van der Waals surface area contributed by atoms with Gasteiger partial charge in [-0.25, -0.2) is 0 Å². The molecule has 0 amide bonds. The molecule has 0 aromatic rings. The topological polar surface area (TPSA) is 12.0 Å². The van der Waals surface area contributed by atoms with Gasteiger partial charge < -0.3 is 5.32 Å². The van der Waals surface area contributed by atoms with Gasteiger partial charge in [0.15, 0.2) is 0 Å². The van der Waals surface area contributed by atoms with Gasteiger partial charge in [0, 0.05) is 14.0 Å². The van der Waals surface area contributed by atoms with Crippen molar-refractivity contribution >= 4 is 0 Å². The zero-order valence-corrected chi connectivity index (χ0v) is 7.41. The van der Waals surface area contributed by atoms with Crippen molar-refractivity contribution in [1.29, 1.82) is 0 Å². The molecule has 1 rings (SSSR count). The van der Waals surface area contributed by atoms with Crippen LogP contribution in [0, 0.1) is 5.41 Å². The normalized spacial score (nSPS) is 21.6. The third-order valence-electron chi connectivity index (χ3n) is 2.59. The molecule has 1 N–H and O–H groups in total. The Morgan fingerprint density at radius 2 is 2.10 bits per heavy atom. The van der Waals surface area contributed by atoms with Crippen LogP contribution >= 0.6 is 0 Å². The van der Waals surface area contributed by atoms with E-state index in [0.29, 0.717) is 11.5 Å². The van der Waals surface area contributed by atoms with Crippen molar-refractivity contribution in [2.45, 2.75) is 46.1 Å². The van der Waals surface area contributed by atoms with Crippen LogP contribution < -0.4 is 5.32 Å². The van der Waals surface area contributed by atoms with Gasteiger partial charge in [-0.1, -0.05) is 20.8 Å². The average molecular weight is 143 g/mol. The molecule has 1 aliphatic carbocycles. The van der Waals surface area contributed by atoms with Crippen molar-refractivity contribution in [3.63, 3.8) is 0 Å². The second-order valence-corrected chi connectivity index (χ2v) is 3.89. The van der Waals surface area contributed by atoms with Crippen molar-refractivity contribution in [2.75, 3.05) is 6.54 Å². The first-order valence-electron chi connectivity index (χ1n) is 4.42. The summed E-state index contributed by atoms with van der Waals surface area (Å²) < 4.78 is 0. The lowest BCUT2D eigenvalue weighted by Crippen LogP contribution is -2.29. The van der Waals surface area contributed by atoms with Gasteiger partial charge in [-0.3, -0.25) is 0 Å². The highest BCUT2D eigenvalue weighted by atomic mass is 14.9. The minimum Gasteiger partial charge on any atom is -0.314 e. The summed E-state index contributed by atoms with van der Waals surface area (Å²) in [5.41, 5.74) is 0.713. The van der Waals surface area contributed by atoms with E-state index in [9.17, 15) is 0 Å². The summed E-state index contributed by atoms with van der Waals surface area (Å²) in [4.78, 5) is 0. The van der Waals surface area contributed by atoms with Gasteiger partial charge in [-0.05, 0) is 24.7 Å². The van der Waals surface area contributed by atoms with Gasteiger partial charge in [0.25, 0.3) is 0 Å². The van der Waals surface area contributed by atoms with E-state index in [4.69, 9.17) is 0 Å². The maximum atomic E-state index is 3.50. The molecule has 0 saturated heterocycles. The Hall–Kier alpha value is -0.0400. The van der Waals surface area contributed by atoms with Gasteiger partial charge in [0.1, 0.15) is 0 Å². The minimum atomic E-state index is 0. The second-order valence-electron chi connectivity index (χ2n) is 3.89. The molecule has 0 atom stereocenters. The lowest BCUT2D eigenvalue weighted by atomic mass is 10.0. The van der Waals surface area contributed by atoms with Crippen molar-refractivity contribution in [2.24, 2.45) is 5.41 Å². The molecule has 0 unspecified atom stereocenters. The molecule has 0 radical (unpaired) electrons. The predicted molar refractivity (Wildman–Crippen MR) is 47.2 cm³/mol. The number of rotatable bonds is 4. The summed E-state index contributed by atoms with van der Waals surface area (Å²) in [6.45, 7) is 7.97. The molecule has 1 fully saturated rings. The summed E-state index contributed by atoms with van der Waals surface area (Å²) in [5.74, 6) is 0. The molecule has 0 aliphatic heterocycles. The SMILES string of the molecule is CCC1(CNC(C)C)CC1.[HH]. The fraction of sp³-hybridized carbons (Fsp3) is 1.00. The molecule has 0 aromatic heterocycles. The zero-order valence-electron chi connectivity index (χ0n) is 7.41. The van der Waals surface area contributed by atoms with Gasteiger partial charge in [0.2, 0.25) is 0 Å². The maximum Gasteiger partial charge on any atom is 0.00106 e. The van der Waals surface area contributed by atoms with E-state index in [1.54, 1.807) is 0 Å². The Balaban J connectivity index is 0.000001000. The number of nitrogens with one attached hydrogen (secondary N) is 1. The molecule has 0 bridgehead atoms. The summed E-state index contributed by atoms with van der Waals surface area (Å²) in [6, 6.07) is 0.657. The number of hydrogen-bond donors (Lipinski definition) is 1. The molecule has 1 aliphatic rings. The van der Waals surface area contributed by atoms with Crippen LogP contribution in [0.25, 0.3) is 0 Å². The fourth-order valence-electron chi connectivity index (χ4n) is 1.25. The van der Waals surface area contributed by atoms with E-state index < -0.39 is 0 Å². The zero-order chi connectivity index (χ0) is 7.61. The molecule has 1 saturated carbocycles. The van der Waals surface area contributed by atoms with E-state index in [0.717, 1.165) is 0 Å². The second kappa shape index (κ2) is 2.91. The molecule has 1 nitrogen and oxygen atoms in total. The smallest absolute Gasteiger partial charge is 0.00106 e. The Labute approximate surface area is 65.7 Å². The van der Waals surface area contributed by atoms with Gasteiger partial charge >= 0.3 is 0 Å². The molecule has 0 heterocycles. The molecule has 62 valence electrons. The predicted octanol–water partition coefficient (Wildman–Crippen LogP) is 2.42. The van der Waals surface area contributed by atoms with Crippen molar-refractivity contribution in [3.8, 4) is 0 Å². The van der Waals surface area contributed by atoms with Gasteiger partial charge in [-0.15, -0.1) is 0 Å². The summed E-state index contributed by atoms with van der Waals surface area (Å²) in [5, 5.41) is 3.50. The van der Waals surface area contributed by atoms with Crippen LogP contribution in [0.3, 0.4) is 0 Å². The molecule has 10 heavy (non-hydrogen) atoms. The highest BCUT2D eigenvalue weighted by molar-refractivity contribution is 4.93. The van der Waals surface area contributed by atoms with Crippen molar-refractivity contribution in [3.05, 3.63) is 0 Å². The van der Waals surface area contributed by atoms with Gasteiger partial charge in [0.05, 0.1) is 0 Å². The quantitative estimate of drug-likeness (QED) is 0.637. The third kappa shape index (κ3) is 1.98. The third-order valence-corrected chi connectivity index (χ3v) is 2.59. The standard InChI is InChI=1S/C9H19N.H2/c1-4-9(5-6-9)7-10-8(2)3;/h8,10H,4-7H2,1-3H3;1H. The minimum absolute atomic E-state index is 0. The molecular weight excluding hydrogens is 122 g/mol. The molecule has 0 aromatic carbocycles. The van der Waals surface area contributed by atoms with Crippen molar-refractivity contribution < 1.29 is 1.43 Å². The van der Waals surface area contributed by atoms with E-state index in [-0.39, 0.29) is 1.43 Å². The van der Waals surface area contributed by atoms with Crippen LogP contribution in [0.2, 0.25) is 0 Å². The Kier molecular flexibility index (Phi) is 2.35. The molecule has 1 heteroatoms. The van der Waals surface area contributed by atoms with Crippen LogP contribution in [-0.2, 0) is 0 Å². The first-order valence-corrected chi connectivity index (χ1v) is 4.42. The first-order chi connectivity index (χ1) is 4.68. The van der Waals surface area contributed by atoms with Crippen LogP contribution in [-0.4, -0.2) is 12.6 Å². The average Bonchev–Trinajstić information content (AvgIpc) is 2.64. The Morgan fingerprint density at radius 1 is 1.50 bits per heavy atom. The summed E-state index contributed by atoms with van der Waals surface area (Å²) >= 11 is 0. The van der Waals surface area contributed by atoms with Crippen LogP contribution in [0.1, 0.15) is 41.5 Å². The van der Waals surface area contributed by atoms with Crippen LogP contribution in [0.5, 0.6) is 0 Å². The first kappa shape index (κ1) is 8.06. The van der Waals surface area contributed by atoms with Crippen molar-refractivity contribution in [1.82, 2.24) is 5.32 Å². The summed E-state index contributed by atoms with van der Waals surface area (Å²) in [7, 11) is 0. The summed E-state index contributed by atoms with van der Waals surface area (Å²) in [6.07, 6.45) is 4.25. The van der Waals surface area contributed by atoms with Crippen LogP contribution in [0.15, 0.2) is 0 Å². The van der Waals surface area contributed by atoms with E-state index in [1.807, 2.05) is 0 Å². The lowest BCUT2D eigenvalue weighted by Gasteiger charge is -2.15.